The van der Waals surface area contributed by atoms with Gasteiger partial charge in [-0.1, -0.05) is 54.1 Å². The predicted molar refractivity (Wildman–Crippen MR) is 116 cm³/mol. The normalized spacial score (nSPS) is 10.2. The van der Waals surface area contributed by atoms with Gasteiger partial charge in [-0.05, 0) is 36.8 Å². The number of ether oxygens (including phenoxy) is 2. The Bertz CT molecular complexity index is 1110. The number of nitrogens with two attached hydrogens (primary N) is 1. The summed E-state index contributed by atoms with van der Waals surface area (Å²) in [6.45, 7) is 1.75. The third-order valence-electron chi connectivity index (χ3n) is 4.38. The molecule has 0 aliphatic heterocycles. The van der Waals surface area contributed by atoms with Crippen LogP contribution in [-0.4, -0.2) is 24.4 Å². The highest BCUT2D eigenvalue weighted by Crippen LogP contribution is 2.21. The van der Waals surface area contributed by atoms with Crippen molar-refractivity contribution in [2.24, 2.45) is 5.73 Å². The number of nitrogens with one attached hydrogen (secondary N) is 1. The summed E-state index contributed by atoms with van der Waals surface area (Å²) in [7, 11) is 0. The molecule has 31 heavy (non-hydrogen) atoms. The Morgan fingerprint density at radius 2 is 1.61 bits per heavy atom. The van der Waals surface area contributed by atoms with E-state index in [2.05, 4.69) is 5.32 Å². The molecule has 0 aromatic heterocycles. The van der Waals surface area contributed by atoms with Gasteiger partial charge in [-0.2, -0.15) is 0 Å². The van der Waals surface area contributed by atoms with Gasteiger partial charge < -0.3 is 20.5 Å². The highest BCUT2D eigenvalue weighted by atomic mass is 16.5. The maximum atomic E-state index is 12.5. The number of para-hydroxylation sites is 2. The number of anilines is 1. The lowest BCUT2D eigenvalue weighted by atomic mass is 10.1. The first kappa shape index (κ1) is 21.6. The lowest BCUT2D eigenvalue weighted by molar-refractivity contribution is -0.119. The minimum Gasteiger partial charge on any atom is -0.488 e. The van der Waals surface area contributed by atoms with Crippen LogP contribution in [0.25, 0.3) is 0 Å². The number of primary amides is 1. The fraction of sp³-hybridized carbons (Fsp3) is 0.125. The summed E-state index contributed by atoms with van der Waals surface area (Å²) < 4.78 is 10.9. The number of carbonyl (C=O) groups excluding carboxylic acids is 3. The average Bonchev–Trinajstić information content (AvgIpc) is 2.76. The largest absolute Gasteiger partial charge is 0.488 e. The second kappa shape index (κ2) is 10.1. The number of amides is 2. The number of carbonyl (C=O) groups is 3. The van der Waals surface area contributed by atoms with E-state index in [0.717, 1.165) is 11.1 Å². The molecule has 0 aliphatic rings. The van der Waals surface area contributed by atoms with E-state index in [1.807, 2.05) is 31.2 Å². The second-order valence-electron chi connectivity index (χ2n) is 6.81. The molecule has 0 bridgehead atoms. The number of rotatable bonds is 8. The topological polar surface area (TPSA) is 108 Å². The summed E-state index contributed by atoms with van der Waals surface area (Å²) in [6, 6.07) is 20.8. The Hall–Kier alpha value is -4.13. The van der Waals surface area contributed by atoms with Crippen molar-refractivity contribution in [1.82, 2.24) is 0 Å². The Morgan fingerprint density at radius 3 is 2.35 bits per heavy atom. The summed E-state index contributed by atoms with van der Waals surface area (Å²) in [6.07, 6.45) is 0. The number of hydrogen-bond acceptors (Lipinski definition) is 5. The van der Waals surface area contributed by atoms with E-state index < -0.39 is 24.4 Å². The molecule has 0 fully saturated rings. The van der Waals surface area contributed by atoms with Gasteiger partial charge >= 0.3 is 5.97 Å². The van der Waals surface area contributed by atoms with E-state index in [4.69, 9.17) is 15.2 Å². The van der Waals surface area contributed by atoms with Crippen LogP contribution in [0.5, 0.6) is 5.75 Å². The van der Waals surface area contributed by atoms with E-state index >= 15 is 0 Å². The Balaban J connectivity index is 1.61. The van der Waals surface area contributed by atoms with E-state index in [9.17, 15) is 14.4 Å². The first-order chi connectivity index (χ1) is 14.9. The minimum absolute atomic E-state index is 0.164. The third kappa shape index (κ3) is 5.93. The second-order valence-corrected chi connectivity index (χ2v) is 6.81. The zero-order chi connectivity index (χ0) is 22.2. The molecule has 3 aromatic carbocycles. The molecule has 0 saturated carbocycles. The van der Waals surface area contributed by atoms with Crippen molar-refractivity contribution < 1.29 is 23.9 Å². The molecular weight excluding hydrogens is 396 g/mol. The average molecular weight is 418 g/mol. The van der Waals surface area contributed by atoms with Crippen molar-refractivity contribution in [3.63, 3.8) is 0 Å². The maximum Gasteiger partial charge on any atom is 0.342 e. The van der Waals surface area contributed by atoms with Gasteiger partial charge in [0.1, 0.15) is 17.9 Å². The zero-order valence-electron chi connectivity index (χ0n) is 17.0. The lowest BCUT2D eigenvalue weighted by Gasteiger charge is -2.12. The van der Waals surface area contributed by atoms with Gasteiger partial charge in [-0.25, -0.2) is 4.79 Å². The molecule has 0 heterocycles. The summed E-state index contributed by atoms with van der Waals surface area (Å²) in [5.41, 5.74) is 7.99. The smallest absolute Gasteiger partial charge is 0.342 e. The highest BCUT2D eigenvalue weighted by molar-refractivity contribution is 6.03. The van der Waals surface area contributed by atoms with Gasteiger partial charge in [-0.3, -0.25) is 9.59 Å². The summed E-state index contributed by atoms with van der Waals surface area (Å²) in [4.78, 5) is 36.1. The van der Waals surface area contributed by atoms with Crippen LogP contribution in [0.4, 0.5) is 5.69 Å². The van der Waals surface area contributed by atoms with Crippen molar-refractivity contribution in [1.29, 1.82) is 0 Å². The van der Waals surface area contributed by atoms with Crippen LogP contribution < -0.4 is 15.8 Å². The van der Waals surface area contributed by atoms with Crippen LogP contribution in [0.3, 0.4) is 0 Å². The van der Waals surface area contributed by atoms with Crippen molar-refractivity contribution in [3.05, 3.63) is 95.1 Å². The first-order valence-electron chi connectivity index (χ1n) is 9.57. The molecule has 0 unspecified atom stereocenters. The minimum atomic E-state index is -0.696. The molecule has 7 nitrogen and oxygen atoms in total. The highest BCUT2D eigenvalue weighted by Gasteiger charge is 2.16. The monoisotopic (exact) mass is 418 g/mol. The molecular formula is C24H22N2O5. The first-order valence-corrected chi connectivity index (χ1v) is 9.57. The summed E-state index contributed by atoms with van der Waals surface area (Å²) in [5, 5.41) is 2.52. The van der Waals surface area contributed by atoms with Crippen molar-refractivity contribution in [3.8, 4) is 5.75 Å². The molecule has 0 atom stereocenters. The molecule has 3 aromatic rings. The lowest BCUT2D eigenvalue weighted by Crippen LogP contribution is -2.23. The number of hydrogen-bond donors (Lipinski definition) is 2. The number of benzene rings is 3. The summed E-state index contributed by atoms with van der Waals surface area (Å²) in [5.74, 6) is -1.61. The van der Waals surface area contributed by atoms with Crippen molar-refractivity contribution in [2.45, 2.75) is 13.5 Å². The van der Waals surface area contributed by atoms with Crippen LogP contribution in [0, 0.1) is 6.92 Å². The van der Waals surface area contributed by atoms with E-state index in [0.29, 0.717) is 5.75 Å². The molecule has 3 N–H and O–H groups in total. The van der Waals surface area contributed by atoms with Crippen molar-refractivity contribution in [2.75, 3.05) is 11.9 Å². The van der Waals surface area contributed by atoms with Crippen molar-refractivity contribution >= 4 is 23.5 Å². The van der Waals surface area contributed by atoms with Gasteiger partial charge in [0, 0.05) is 0 Å². The predicted octanol–water partition coefficient (Wildman–Crippen LogP) is 3.47. The fourth-order valence-corrected chi connectivity index (χ4v) is 2.93. The Labute approximate surface area is 179 Å². The number of esters is 1. The Kier molecular flexibility index (Phi) is 7.01. The molecule has 7 heteroatoms. The SMILES string of the molecule is Cc1cccc(COc2ccccc2C(=O)OCC(=O)Nc2ccccc2C(N)=O)c1. The standard InChI is InChI=1S/C24H22N2O5/c1-16-7-6-8-17(13-16)14-30-21-12-5-3-10-19(21)24(29)31-15-22(27)26-20-11-4-2-9-18(20)23(25)28/h2-13H,14-15H2,1H3,(H2,25,28)(H,26,27). The third-order valence-corrected chi connectivity index (χ3v) is 4.38. The molecule has 2 amide bonds. The van der Waals surface area contributed by atoms with E-state index in [-0.39, 0.29) is 23.4 Å². The summed E-state index contributed by atoms with van der Waals surface area (Å²) >= 11 is 0. The zero-order valence-corrected chi connectivity index (χ0v) is 17.0. The van der Waals surface area contributed by atoms with Gasteiger partial charge in [0.05, 0.1) is 11.3 Å². The van der Waals surface area contributed by atoms with E-state index in [1.54, 1.807) is 36.4 Å². The van der Waals surface area contributed by atoms with Crippen LogP contribution in [0.2, 0.25) is 0 Å². The number of aryl methyl sites for hydroxylation is 1. The van der Waals surface area contributed by atoms with Crippen LogP contribution in [0.15, 0.2) is 72.8 Å². The Morgan fingerprint density at radius 1 is 0.903 bits per heavy atom. The van der Waals surface area contributed by atoms with Gasteiger partial charge in [-0.15, -0.1) is 0 Å². The van der Waals surface area contributed by atoms with Gasteiger partial charge in [0.15, 0.2) is 6.61 Å². The molecule has 0 spiro atoms. The quantitative estimate of drug-likeness (QED) is 0.545. The maximum absolute atomic E-state index is 12.5. The van der Waals surface area contributed by atoms with Crippen LogP contribution >= 0.6 is 0 Å². The molecule has 0 radical (unpaired) electrons. The van der Waals surface area contributed by atoms with E-state index in [1.165, 1.54) is 12.1 Å². The molecule has 0 aliphatic carbocycles. The molecule has 0 saturated heterocycles. The van der Waals surface area contributed by atoms with Crippen LogP contribution in [0.1, 0.15) is 31.8 Å². The van der Waals surface area contributed by atoms with Gasteiger partial charge in [0.25, 0.3) is 11.8 Å². The molecule has 158 valence electrons. The molecule has 3 rings (SSSR count). The van der Waals surface area contributed by atoms with Crippen LogP contribution in [-0.2, 0) is 16.1 Å². The van der Waals surface area contributed by atoms with Gasteiger partial charge in [0.2, 0.25) is 0 Å². The fourth-order valence-electron chi connectivity index (χ4n) is 2.93.